The van der Waals surface area contributed by atoms with Crippen LogP contribution in [0, 0.1) is 0 Å². The molecule has 0 aliphatic carbocycles. The predicted octanol–water partition coefficient (Wildman–Crippen LogP) is 3.33. The van der Waals surface area contributed by atoms with Crippen LogP contribution < -0.4 is 4.74 Å². The lowest BCUT2D eigenvalue weighted by atomic mass is 10.1. The molecule has 1 N–H and O–H groups in total. The van der Waals surface area contributed by atoms with Crippen molar-refractivity contribution in [3.05, 3.63) is 35.9 Å². The standard InChI is InChI=1S/C15H20O4/c1-5-18-14(17)10-13(16)11-7-6-8-12(9-11)19-15(2,3)4/h6-10,16H,5H2,1-4H3. The first kappa shape index (κ1) is 15.1. The first-order valence-electron chi connectivity index (χ1n) is 6.18. The molecule has 0 aliphatic heterocycles. The van der Waals surface area contributed by atoms with Crippen molar-refractivity contribution >= 4 is 11.7 Å². The van der Waals surface area contributed by atoms with E-state index in [0.717, 1.165) is 6.08 Å². The molecule has 0 radical (unpaired) electrons. The van der Waals surface area contributed by atoms with Crippen LogP contribution in [0.4, 0.5) is 0 Å². The van der Waals surface area contributed by atoms with Gasteiger partial charge in [0.1, 0.15) is 17.1 Å². The molecule has 1 aromatic carbocycles. The average molecular weight is 264 g/mol. The Balaban J connectivity index is 2.90. The van der Waals surface area contributed by atoms with Crippen molar-refractivity contribution < 1.29 is 19.4 Å². The highest BCUT2D eigenvalue weighted by Crippen LogP contribution is 2.22. The molecule has 19 heavy (non-hydrogen) atoms. The summed E-state index contributed by atoms with van der Waals surface area (Å²) in [6.07, 6.45) is 1.06. The van der Waals surface area contributed by atoms with Crippen LogP contribution in [0.3, 0.4) is 0 Å². The third-order valence-corrected chi connectivity index (χ3v) is 2.10. The van der Waals surface area contributed by atoms with Gasteiger partial charge in [-0.2, -0.15) is 0 Å². The van der Waals surface area contributed by atoms with Gasteiger partial charge < -0.3 is 14.6 Å². The number of esters is 1. The van der Waals surface area contributed by atoms with Gasteiger partial charge in [0.15, 0.2) is 0 Å². The second-order valence-electron chi connectivity index (χ2n) is 5.02. The number of aliphatic hydroxyl groups excluding tert-OH is 1. The van der Waals surface area contributed by atoms with Crippen LogP contribution in [-0.4, -0.2) is 23.3 Å². The quantitative estimate of drug-likeness (QED) is 0.515. The smallest absolute Gasteiger partial charge is 0.334 e. The van der Waals surface area contributed by atoms with Gasteiger partial charge >= 0.3 is 5.97 Å². The molecule has 1 aromatic rings. The fraction of sp³-hybridized carbons (Fsp3) is 0.400. The normalized spacial score (nSPS) is 12.1. The fourth-order valence-corrected chi connectivity index (χ4v) is 1.45. The number of aliphatic hydroxyl groups is 1. The van der Waals surface area contributed by atoms with E-state index < -0.39 is 5.97 Å². The maximum Gasteiger partial charge on any atom is 0.334 e. The van der Waals surface area contributed by atoms with Crippen LogP contribution >= 0.6 is 0 Å². The van der Waals surface area contributed by atoms with Crippen molar-refractivity contribution in [2.24, 2.45) is 0 Å². The molecule has 0 aromatic heterocycles. The Bertz CT molecular complexity index is 469. The molecular formula is C15H20O4. The van der Waals surface area contributed by atoms with E-state index in [-0.39, 0.29) is 18.0 Å². The predicted molar refractivity (Wildman–Crippen MR) is 74.1 cm³/mol. The van der Waals surface area contributed by atoms with Crippen molar-refractivity contribution in [1.82, 2.24) is 0 Å². The summed E-state index contributed by atoms with van der Waals surface area (Å²) in [7, 11) is 0. The van der Waals surface area contributed by atoms with Crippen LogP contribution in [0.25, 0.3) is 5.76 Å². The van der Waals surface area contributed by atoms with Gasteiger partial charge in [0, 0.05) is 5.56 Å². The lowest BCUT2D eigenvalue weighted by molar-refractivity contribution is -0.137. The Labute approximate surface area is 113 Å². The maximum absolute atomic E-state index is 11.3. The lowest BCUT2D eigenvalue weighted by Crippen LogP contribution is -2.22. The maximum atomic E-state index is 11.3. The molecule has 1 rings (SSSR count). The summed E-state index contributed by atoms with van der Waals surface area (Å²) in [5.74, 6) is -0.0752. The Hall–Kier alpha value is -1.97. The Morgan fingerprint density at radius 3 is 2.63 bits per heavy atom. The van der Waals surface area contributed by atoms with Crippen molar-refractivity contribution in [2.75, 3.05) is 6.61 Å². The van der Waals surface area contributed by atoms with Crippen LogP contribution in [0.1, 0.15) is 33.3 Å². The Morgan fingerprint density at radius 1 is 1.37 bits per heavy atom. The van der Waals surface area contributed by atoms with E-state index in [0.29, 0.717) is 11.3 Å². The molecule has 0 saturated heterocycles. The molecule has 0 spiro atoms. The van der Waals surface area contributed by atoms with Gasteiger partial charge in [-0.15, -0.1) is 0 Å². The van der Waals surface area contributed by atoms with Gasteiger partial charge in [0.2, 0.25) is 0 Å². The number of rotatable bonds is 4. The molecule has 0 unspecified atom stereocenters. The molecular weight excluding hydrogens is 244 g/mol. The molecule has 0 bridgehead atoms. The highest BCUT2D eigenvalue weighted by Gasteiger charge is 2.12. The molecule has 0 atom stereocenters. The molecule has 104 valence electrons. The van der Waals surface area contributed by atoms with Gasteiger partial charge in [-0.1, -0.05) is 12.1 Å². The van der Waals surface area contributed by atoms with Gasteiger partial charge in [-0.3, -0.25) is 0 Å². The van der Waals surface area contributed by atoms with Gasteiger partial charge in [0.05, 0.1) is 12.7 Å². The third kappa shape index (κ3) is 5.46. The molecule has 4 nitrogen and oxygen atoms in total. The molecule has 0 aliphatic rings. The summed E-state index contributed by atoms with van der Waals surface area (Å²) >= 11 is 0. The Morgan fingerprint density at radius 2 is 2.05 bits per heavy atom. The van der Waals surface area contributed by atoms with Crippen LogP contribution in [0.2, 0.25) is 0 Å². The van der Waals surface area contributed by atoms with E-state index in [4.69, 9.17) is 9.47 Å². The minimum absolute atomic E-state index is 0.141. The lowest BCUT2D eigenvalue weighted by Gasteiger charge is -2.21. The minimum atomic E-state index is -0.567. The van der Waals surface area contributed by atoms with Crippen LogP contribution in [-0.2, 0) is 9.53 Å². The topological polar surface area (TPSA) is 55.8 Å². The highest BCUT2D eigenvalue weighted by atomic mass is 16.5. The summed E-state index contributed by atoms with van der Waals surface area (Å²) in [6, 6.07) is 6.93. The number of carbonyl (C=O) groups excluding carboxylic acids is 1. The third-order valence-electron chi connectivity index (χ3n) is 2.10. The first-order chi connectivity index (χ1) is 8.81. The van der Waals surface area contributed by atoms with Crippen LogP contribution in [0.15, 0.2) is 30.3 Å². The molecule has 0 heterocycles. The van der Waals surface area contributed by atoms with E-state index in [1.807, 2.05) is 20.8 Å². The summed E-state index contributed by atoms with van der Waals surface area (Å²) in [5, 5.41) is 9.85. The highest BCUT2D eigenvalue weighted by molar-refractivity contribution is 5.89. The van der Waals surface area contributed by atoms with Gasteiger partial charge in [0.25, 0.3) is 0 Å². The van der Waals surface area contributed by atoms with E-state index in [9.17, 15) is 9.90 Å². The number of hydrogen-bond acceptors (Lipinski definition) is 4. The van der Waals surface area contributed by atoms with Crippen molar-refractivity contribution in [3.8, 4) is 5.75 Å². The fourth-order valence-electron chi connectivity index (χ4n) is 1.45. The van der Waals surface area contributed by atoms with E-state index in [1.54, 1.807) is 31.2 Å². The molecule has 0 fully saturated rings. The summed E-state index contributed by atoms with van der Waals surface area (Å²) in [6.45, 7) is 7.80. The summed E-state index contributed by atoms with van der Waals surface area (Å²) < 4.78 is 10.4. The van der Waals surface area contributed by atoms with E-state index in [1.165, 1.54) is 0 Å². The minimum Gasteiger partial charge on any atom is -0.507 e. The monoisotopic (exact) mass is 264 g/mol. The summed E-state index contributed by atoms with van der Waals surface area (Å²) in [4.78, 5) is 11.3. The van der Waals surface area contributed by atoms with E-state index in [2.05, 4.69) is 0 Å². The van der Waals surface area contributed by atoms with Crippen molar-refractivity contribution in [2.45, 2.75) is 33.3 Å². The SMILES string of the molecule is CCOC(=O)C=C(O)c1cccc(OC(C)(C)C)c1. The second-order valence-corrected chi connectivity index (χ2v) is 5.02. The number of benzene rings is 1. The van der Waals surface area contributed by atoms with E-state index >= 15 is 0 Å². The zero-order valence-corrected chi connectivity index (χ0v) is 11.8. The Kier molecular flexibility index (Phi) is 4.98. The van der Waals surface area contributed by atoms with Crippen LogP contribution in [0.5, 0.6) is 5.75 Å². The number of hydrogen-bond donors (Lipinski definition) is 1. The zero-order valence-electron chi connectivity index (χ0n) is 11.8. The molecule has 0 saturated carbocycles. The average Bonchev–Trinajstić information content (AvgIpc) is 2.27. The van der Waals surface area contributed by atoms with Crippen molar-refractivity contribution in [3.63, 3.8) is 0 Å². The zero-order chi connectivity index (χ0) is 14.5. The van der Waals surface area contributed by atoms with Gasteiger partial charge in [-0.05, 0) is 39.8 Å². The molecule has 0 amide bonds. The second kappa shape index (κ2) is 6.27. The first-order valence-corrected chi connectivity index (χ1v) is 6.18. The van der Waals surface area contributed by atoms with Crippen molar-refractivity contribution in [1.29, 1.82) is 0 Å². The largest absolute Gasteiger partial charge is 0.507 e. The number of carbonyl (C=O) groups is 1. The number of ether oxygens (including phenoxy) is 2. The van der Waals surface area contributed by atoms with Gasteiger partial charge in [-0.25, -0.2) is 4.79 Å². The molecule has 4 heteroatoms. The summed E-state index contributed by atoms with van der Waals surface area (Å²) in [5.41, 5.74) is 0.189.